The van der Waals surface area contributed by atoms with E-state index < -0.39 is 0 Å². The van der Waals surface area contributed by atoms with E-state index >= 15 is 0 Å². The van der Waals surface area contributed by atoms with Crippen molar-refractivity contribution in [2.75, 3.05) is 19.6 Å². The Hall–Kier alpha value is -2.54. The van der Waals surface area contributed by atoms with Gasteiger partial charge in [-0.05, 0) is 31.0 Å². The first-order chi connectivity index (χ1) is 12.5. The van der Waals surface area contributed by atoms with Gasteiger partial charge in [0.05, 0.1) is 18.3 Å². The second kappa shape index (κ2) is 6.64. The van der Waals surface area contributed by atoms with Crippen LogP contribution in [0.25, 0.3) is 0 Å². The van der Waals surface area contributed by atoms with E-state index in [1.165, 1.54) is 6.39 Å². The average molecular weight is 376 g/mol. The molecule has 0 N–H and O–H groups in total. The maximum atomic E-state index is 12.6. The number of carbonyl (C=O) groups is 2. The lowest BCUT2D eigenvalue weighted by atomic mass is 10.1. The Morgan fingerprint density at radius 3 is 2.96 bits per heavy atom. The summed E-state index contributed by atoms with van der Waals surface area (Å²) in [7, 11) is 0. The van der Waals surface area contributed by atoms with Gasteiger partial charge in [-0.3, -0.25) is 9.69 Å². The summed E-state index contributed by atoms with van der Waals surface area (Å²) in [5.74, 6) is 0.0158. The summed E-state index contributed by atoms with van der Waals surface area (Å²) in [6, 6.07) is 7.42. The number of rotatable bonds is 4. The number of aromatic nitrogens is 1. The van der Waals surface area contributed by atoms with Crippen LogP contribution in [0, 0.1) is 6.92 Å². The van der Waals surface area contributed by atoms with E-state index in [4.69, 9.17) is 20.8 Å². The highest BCUT2D eigenvalue weighted by Gasteiger charge is 2.49. The third-order valence-corrected chi connectivity index (χ3v) is 5.12. The molecular formula is C18H18ClN3O4. The molecule has 2 aliphatic heterocycles. The van der Waals surface area contributed by atoms with E-state index in [1.807, 2.05) is 24.3 Å². The quantitative estimate of drug-likeness (QED) is 0.820. The Labute approximate surface area is 155 Å². The molecule has 0 unspecified atom stereocenters. The normalized spacial score (nSPS) is 21.8. The molecule has 0 aliphatic carbocycles. The zero-order valence-electron chi connectivity index (χ0n) is 14.2. The van der Waals surface area contributed by atoms with Gasteiger partial charge >= 0.3 is 6.09 Å². The van der Waals surface area contributed by atoms with Gasteiger partial charge in [0, 0.05) is 18.1 Å². The van der Waals surface area contributed by atoms with E-state index in [-0.39, 0.29) is 29.9 Å². The fraction of sp³-hybridized carbons (Fsp3) is 0.389. The molecule has 0 saturated carbocycles. The number of hydrogen-bond donors (Lipinski definition) is 0. The van der Waals surface area contributed by atoms with Crippen LogP contribution >= 0.6 is 11.6 Å². The number of aryl methyl sites for hydroxylation is 1. The lowest BCUT2D eigenvalue weighted by molar-refractivity contribution is 0.0698. The molecule has 1 aromatic heterocycles. The van der Waals surface area contributed by atoms with Crippen molar-refractivity contribution in [2.45, 2.75) is 25.5 Å². The third kappa shape index (κ3) is 3.03. The smallest absolute Gasteiger partial charge is 0.410 e. The summed E-state index contributed by atoms with van der Waals surface area (Å²) < 4.78 is 10.6. The fourth-order valence-electron chi connectivity index (χ4n) is 3.52. The summed E-state index contributed by atoms with van der Waals surface area (Å²) in [6.07, 6.45) is 1.30. The van der Waals surface area contributed by atoms with Crippen molar-refractivity contribution in [1.82, 2.24) is 14.8 Å². The number of benzene rings is 1. The van der Waals surface area contributed by atoms with Crippen molar-refractivity contribution in [3.05, 3.63) is 52.7 Å². The molecular weight excluding hydrogens is 358 g/mol. The largest absolute Gasteiger partial charge is 0.442 e. The molecule has 0 bridgehead atoms. The predicted molar refractivity (Wildman–Crippen MR) is 93.1 cm³/mol. The van der Waals surface area contributed by atoms with Gasteiger partial charge in [-0.15, -0.1) is 0 Å². The summed E-state index contributed by atoms with van der Waals surface area (Å²) in [6.45, 7) is 3.03. The Morgan fingerprint density at radius 2 is 2.23 bits per heavy atom. The molecule has 7 nitrogen and oxygen atoms in total. The van der Waals surface area contributed by atoms with Gasteiger partial charge in [0.1, 0.15) is 6.10 Å². The van der Waals surface area contributed by atoms with E-state index in [9.17, 15) is 9.59 Å². The van der Waals surface area contributed by atoms with Gasteiger partial charge in [0.25, 0.3) is 5.91 Å². The van der Waals surface area contributed by atoms with Crippen molar-refractivity contribution in [1.29, 1.82) is 0 Å². The predicted octanol–water partition coefficient (Wildman–Crippen LogP) is 2.52. The van der Waals surface area contributed by atoms with Gasteiger partial charge < -0.3 is 14.1 Å². The third-order valence-electron chi connectivity index (χ3n) is 4.88. The Balaban J connectivity index is 1.43. The monoisotopic (exact) mass is 375 g/mol. The number of hydrogen-bond acceptors (Lipinski definition) is 5. The highest BCUT2D eigenvalue weighted by Crippen LogP contribution is 2.28. The molecule has 3 heterocycles. The maximum Gasteiger partial charge on any atom is 0.410 e. The minimum Gasteiger partial charge on any atom is -0.442 e. The topological polar surface area (TPSA) is 75.9 Å². The molecule has 0 radical (unpaired) electrons. The molecule has 2 atom stereocenters. The highest BCUT2D eigenvalue weighted by atomic mass is 35.5. The van der Waals surface area contributed by atoms with E-state index in [0.717, 1.165) is 5.56 Å². The van der Waals surface area contributed by atoms with Crippen molar-refractivity contribution in [2.24, 2.45) is 0 Å². The van der Waals surface area contributed by atoms with E-state index in [2.05, 4.69) is 4.98 Å². The second-order valence-corrected chi connectivity index (χ2v) is 6.98. The molecule has 136 valence electrons. The lowest BCUT2D eigenvalue weighted by Gasteiger charge is -2.22. The van der Waals surface area contributed by atoms with Crippen LogP contribution in [0.1, 0.15) is 21.8 Å². The van der Waals surface area contributed by atoms with Crippen LogP contribution < -0.4 is 0 Å². The van der Waals surface area contributed by atoms with Gasteiger partial charge in [-0.1, -0.05) is 23.7 Å². The molecule has 1 aromatic carbocycles. The number of nitrogens with zero attached hydrogens (tertiary/aromatic N) is 3. The van der Waals surface area contributed by atoms with Crippen LogP contribution in [0.4, 0.5) is 4.79 Å². The van der Waals surface area contributed by atoms with Crippen molar-refractivity contribution in [3.63, 3.8) is 0 Å². The zero-order chi connectivity index (χ0) is 18.3. The molecule has 2 aromatic rings. The van der Waals surface area contributed by atoms with Crippen LogP contribution in [-0.4, -0.2) is 58.6 Å². The van der Waals surface area contributed by atoms with Crippen molar-refractivity contribution >= 4 is 23.6 Å². The van der Waals surface area contributed by atoms with Crippen molar-refractivity contribution < 1.29 is 18.7 Å². The summed E-state index contributed by atoms with van der Waals surface area (Å²) in [5, 5.41) is 0.671. The Kier molecular flexibility index (Phi) is 4.32. The van der Waals surface area contributed by atoms with Gasteiger partial charge in [-0.2, -0.15) is 0 Å². The van der Waals surface area contributed by atoms with Crippen molar-refractivity contribution in [3.8, 4) is 0 Å². The second-order valence-electron chi connectivity index (χ2n) is 6.54. The first-order valence-electron chi connectivity index (χ1n) is 8.44. The number of halogens is 1. The molecule has 4 rings (SSSR count). The Bertz CT molecular complexity index is 852. The Morgan fingerprint density at radius 1 is 1.38 bits per heavy atom. The van der Waals surface area contributed by atoms with E-state index in [1.54, 1.807) is 16.7 Å². The number of oxazole rings is 1. The van der Waals surface area contributed by atoms with Crippen LogP contribution in [0.5, 0.6) is 0 Å². The van der Waals surface area contributed by atoms with Crippen LogP contribution in [0.3, 0.4) is 0 Å². The molecule has 26 heavy (non-hydrogen) atoms. The number of carbonyl (C=O) groups excluding carboxylic acids is 2. The van der Waals surface area contributed by atoms with Crippen LogP contribution in [0.2, 0.25) is 5.02 Å². The van der Waals surface area contributed by atoms with Gasteiger partial charge in [0.15, 0.2) is 6.39 Å². The summed E-state index contributed by atoms with van der Waals surface area (Å²) in [4.78, 5) is 32.1. The molecule has 2 amide bonds. The first-order valence-corrected chi connectivity index (χ1v) is 8.82. The molecule has 2 fully saturated rings. The number of amides is 2. The SMILES string of the molecule is Cc1ncoc1C(=O)N1C[C@H]2OC(=O)N(CCc3cccc(Cl)c3)[C@H]2C1. The lowest BCUT2D eigenvalue weighted by Crippen LogP contribution is -2.40. The standard InChI is InChI=1S/C18H18ClN3O4/c1-11-16(25-10-20-11)17(23)21-8-14-15(9-21)26-18(24)22(14)6-5-12-3-2-4-13(19)7-12/h2-4,7,10,14-15H,5-6,8-9H2,1H3/t14-,15+/m0/s1. The van der Waals surface area contributed by atoms with E-state index in [0.29, 0.717) is 36.8 Å². The summed E-state index contributed by atoms with van der Waals surface area (Å²) in [5.41, 5.74) is 1.61. The van der Waals surface area contributed by atoms with Gasteiger partial charge in [-0.25, -0.2) is 9.78 Å². The fourth-order valence-corrected chi connectivity index (χ4v) is 3.73. The zero-order valence-corrected chi connectivity index (χ0v) is 15.0. The minimum absolute atomic E-state index is 0.145. The number of ether oxygens (including phenoxy) is 1. The average Bonchev–Trinajstić information content (AvgIpc) is 3.27. The number of likely N-dealkylation sites (tertiary alicyclic amines) is 1. The van der Waals surface area contributed by atoms with Crippen LogP contribution in [0.15, 0.2) is 35.1 Å². The van der Waals surface area contributed by atoms with Crippen LogP contribution in [-0.2, 0) is 11.2 Å². The number of fused-ring (bicyclic) bond motifs is 1. The first kappa shape index (κ1) is 16.9. The van der Waals surface area contributed by atoms with Gasteiger partial charge in [0.2, 0.25) is 5.76 Å². The molecule has 2 aliphatic rings. The molecule has 8 heteroatoms. The summed E-state index contributed by atoms with van der Waals surface area (Å²) >= 11 is 6.01. The molecule has 0 spiro atoms. The maximum absolute atomic E-state index is 12.6. The highest BCUT2D eigenvalue weighted by molar-refractivity contribution is 6.30. The minimum atomic E-state index is -0.329. The molecule has 2 saturated heterocycles.